The third-order valence-corrected chi connectivity index (χ3v) is 4.64. The zero-order chi connectivity index (χ0) is 22.2. The Labute approximate surface area is 187 Å². The number of fused-ring (bicyclic) bond motifs is 1. The fourth-order valence-electron chi connectivity index (χ4n) is 2.84. The van der Waals surface area contributed by atoms with Crippen LogP contribution in [0, 0.1) is 0 Å². The van der Waals surface area contributed by atoms with E-state index in [2.05, 4.69) is 19.9 Å². The number of likely N-dealkylation sites (N-methyl/N-ethyl adjacent to an activating group) is 1. The monoisotopic (exact) mass is 439 g/mol. The van der Waals surface area contributed by atoms with E-state index < -0.39 is 0 Å². The summed E-state index contributed by atoms with van der Waals surface area (Å²) in [4.78, 5) is 15.0. The van der Waals surface area contributed by atoms with Crippen molar-refractivity contribution in [3.63, 3.8) is 0 Å². The molecule has 2 heterocycles. The topological polar surface area (TPSA) is 85.9 Å². The number of rotatable bonds is 9. The van der Waals surface area contributed by atoms with E-state index in [4.69, 9.17) is 26.8 Å². The molecule has 31 heavy (non-hydrogen) atoms. The smallest absolute Gasteiger partial charge is 0.129 e. The van der Waals surface area contributed by atoms with E-state index in [9.17, 15) is 0 Å². The van der Waals surface area contributed by atoms with E-state index in [0.29, 0.717) is 28.7 Å². The van der Waals surface area contributed by atoms with Crippen molar-refractivity contribution < 1.29 is 9.47 Å². The molecule has 0 bridgehead atoms. The largest absolute Gasteiger partial charge is 0.492 e. The van der Waals surface area contributed by atoms with Gasteiger partial charge in [0.2, 0.25) is 0 Å². The second kappa shape index (κ2) is 10.7. The Morgan fingerprint density at radius 3 is 2.65 bits per heavy atom. The van der Waals surface area contributed by atoms with Crippen molar-refractivity contribution in [2.75, 3.05) is 40.9 Å². The Hall–Kier alpha value is -3.16. The minimum atomic E-state index is 0.184. The molecule has 0 spiro atoms. The molecule has 3 rings (SSSR count). The fourth-order valence-corrected chi connectivity index (χ4v) is 2.99. The average molecular weight is 440 g/mol. The number of nitrogens with two attached hydrogens (primary N) is 1. The quantitative estimate of drug-likeness (QED) is 0.404. The highest BCUT2D eigenvalue weighted by molar-refractivity contribution is 6.29. The first-order chi connectivity index (χ1) is 15.0. The van der Waals surface area contributed by atoms with Crippen molar-refractivity contribution in [3.8, 4) is 11.5 Å². The first-order valence-corrected chi connectivity index (χ1v) is 10.2. The molecule has 0 saturated heterocycles. The van der Waals surface area contributed by atoms with Gasteiger partial charge in [0.05, 0.1) is 16.7 Å². The van der Waals surface area contributed by atoms with Crippen LogP contribution in [-0.4, -0.2) is 62.0 Å². The Morgan fingerprint density at radius 1 is 1.13 bits per heavy atom. The van der Waals surface area contributed by atoms with Gasteiger partial charge in [-0.2, -0.15) is 0 Å². The Balaban J connectivity index is 1.77. The summed E-state index contributed by atoms with van der Waals surface area (Å²) in [6.45, 7) is 1.62. The number of halogens is 1. The lowest BCUT2D eigenvalue weighted by Gasteiger charge is -2.13. The van der Waals surface area contributed by atoms with Gasteiger partial charge in [-0.3, -0.25) is 9.98 Å². The van der Waals surface area contributed by atoms with Crippen LogP contribution in [0.25, 0.3) is 16.6 Å². The lowest BCUT2D eigenvalue weighted by Crippen LogP contribution is -2.19. The minimum absolute atomic E-state index is 0.184. The first-order valence-electron chi connectivity index (χ1n) is 9.80. The molecular formula is C23H26ClN5O2. The highest BCUT2D eigenvalue weighted by atomic mass is 35.5. The van der Waals surface area contributed by atoms with Gasteiger partial charge in [0.1, 0.15) is 29.9 Å². The van der Waals surface area contributed by atoms with Gasteiger partial charge < -0.3 is 20.1 Å². The number of aliphatic imine (C=N–C) groups is 1. The van der Waals surface area contributed by atoms with Crippen LogP contribution in [0.5, 0.6) is 11.5 Å². The van der Waals surface area contributed by atoms with E-state index in [1.807, 2.05) is 50.5 Å². The summed E-state index contributed by atoms with van der Waals surface area (Å²) in [5.41, 5.74) is 9.82. The van der Waals surface area contributed by atoms with Crippen molar-refractivity contribution in [3.05, 3.63) is 65.1 Å². The van der Waals surface area contributed by atoms with Crippen LogP contribution in [0.1, 0.15) is 5.56 Å². The van der Waals surface area contributed by atoms with Crippen molar-refractivity contribution in [1.29, 1.82) is 0 Å². The lowest BCUT2D eigenvalue weighted by atomic mass is 10.1. The molecular weight excluding hydrogens is 414 g/mol. The van der Waals surface area contributed by atoms with E-state index >= 15 is 0 Å². The highest BCUT2D eigenvalue weighted by Crippen LogP contribution is 2.22. The van der Waals surface area contributed by atoms with Crippen molar-refractivity contribution in [2.45, 2.75) is 0 Å². The molecule has 0 amide bonds. The molecule has 3 aromatic rings. The number of hydrogen-bond acceptors (Lipinski definition) is 7. The molecule has 162 valence electrons. The SMILES string of the molecule is CN=CC(=C(N)COc1cccc(OCCN(C)C)c1)c1cnc2ccc(Cl)nc2c1. The van der Waals surface area contributed by atoms with Gasteiger partial charge >= 0.3 is 0 Å². The molecule has 0 radical (unpaired) electrons. The maximum absolute atomic E-state index is 6.36. The summed E-state index contributed by atoms with van der Waals surface area (Å²) in [5.74, 6) is 1.42. The van der Waals surface area contributed by atoms with E-state index in [1.54, 1.807) is 25.5 Å². The molecule has 0 unspecified atom stereocenters. The number of pyridine rings is 2. The van der Waals surface area contributed by atoms with Gasteiger partial charge in [-0.1, -0.05) is 17.7 Å². The highest BCUT2D eigenvalue weighted by Gasteiger charge is 2.09. The predicted octanol–water partition coefficient (Wildman–Crippen LogP) is 3.67. The molecule has 0 aliphatic rings. The van der Waals surface area contributed by atoms with Gasteiger partial charge in [0.25, 0.3) is 0 Å². The minimum Gasteiger partial charge on any atom is -0.492 e. The molecule has 0 atom stereocenters. The number of hydrogen-bond donors (Lipinski definition) is 1. The summed E-state index contributed by atoms with van der Waals surface area (Å²) in [6.07, 6.45) is 3.42. The zero-order valence-electron chi connectivity index (χ0n) is 17.9. The van der Waals surface area contributed by atoms with Crippen LogP contribution in [-0.2, 0) is 0 Å². The number of ether oxygens (including phenoxy) is 2. The molecule has 2 N–H and O–H groups in total. The zero-order valence-corrected chi connectivity index (χ0v) is 18.6. The van der Waals surface area contributed by atoms with Crippen molar-refractivity contribution in [2.24, 2.45) is 10.7 Å². The van der Waals surface area contributed by atoms with Crippen LogP contribution in [0.4, 0.5) is 0 Å². The molecule has 2 aromatic heterocycles. The first kappa shape index (κ1) is 22.5. The van der Waals surface area contributed by atoms with Crippen LogP contribution in [0.2, 0.25) is 5.15 Å². The summed E-state index contributed by atoms with van der Waals surface area (Å²) in [5, 5.41) is 0.408. The van der Waals surface area contributed by atoms with Gasteiger partial charge in [-0.25, -0.2) is 4.98 Å². The van der Waals surface area contributed by atoms with Crippen LogP contribution >= 0.6 is 11.6 Å². The average Bonchev–Trinajstić information content (AvgIpc) is 2.75. The Morgan fingerprint density at radius 2 is 1.90 bits per heavy atom. The molecule has 0 aliphatic carbocycles. The van der Waals surface area contributed by atoms with Gasteiger partial charge in [0, 0.05) is 43.2 Å². The number of nitrogens with zero attached hydrogens (tertiary/aromatic N) is 4. The molecule has 1 aromatic carbocycles. The van der Waals surface area contributed by atoms with Crippen LogP contribution in [0.3, 0.4) is 0 Å². The number of allylic oxidation sites excluding steroid dienone is 1. The molecule has 0 aliphatic heterocycles. The van der Waals surface area contributed by atoms with E-state index in [1.165, 1.54) is 0 Å². The predicted molar refractivity (Wildman–Crippen MR) is 126 cm³/mol. The van der Waals surface area contributed by atoms with Crippen molar-refractivity contribution >= 4 is 34.4 Å². The van der Waals surface area contributed by atoms with Crippen LogP contribution < -0.4 is 15.2 Å². The third-order valence-electron chi connectivity index (χ3n) is 4.43. The number of benzene rings is 1. The van der Waals surface area contributed by atoms with Gasteiger partial charge in [-0.05, 0) is 44.4 Å². The lowest BCUT2D eigenvalue weighted by molar-refractivity contribution is 0.259. The molecule has 0 saturated carbocycles. The number of aromatic nitrogens is 2. The summed E-state index contributed by atoms with van der Waals surface area (Å²) in [7, 11) is 5.70. The molecule has 0 fully saturated rings. The van der Waals surface area contributed by atoms with Crippen molar-refractivity contribution in [1.82, 2.24) is 14.9 Å². The molecule has 8 heteroatoms. The van der Waals surface area contributed by atoms with Crippen LogP contribution in [0.15, 0.2) is 59.4 Å². The summed E-state index contributed by atoms with van der Waals surface area (Å²) in [6, 6.07) is 12.9. The van der Waals surface area contributed by atoms with Gasteiger partial charge in [0.15, 0.2) is 0 Å². The standard InChI is InChI=1S/C23H26ClN5O2/c1-26-14-19(16-11-22-21(27-13-16)7-8-23(24)28-22)20(25)15-31-18-6-4-5-17(12-18)30-10-9-29(2)3/h4-8,11-14H,9-10,15,25H2,1-3H3. The second-order valence-electron chi connectivity index (χ2n) is 7.14. The maximum atomic E-state index is 6.36. The van der Waals surface area contributed by atoms with E-state index in [-0.39, 0.29) is 6.61 Å². The Bertz CT molecular complexity index is 1100. The molecule has 7 nitrogen and oxygen atoms in total. The maximum Gasteiger partial charge on any atom is 0.129 e. The Kier molecular flexibility index (Phi) is 7.81. The summed E-state index contributed by atoms with van der Waals surface area (Å²) < 4.78 is 11.7. The second-order valence-corrected chi connectivity index (χ2v) is 7.52. The van der Waals surface area contributed by atoms with Gasteiger partial charge in [-0.15, -0.1) is 0 Å². The summed E-state index contributed by atoms with van der Waals surface area (Å²) >= 11 is 6.02. The van der Waals surface area contributed by atoms with E-state index in [0.717, 1.165) is 28.9 Å². The third kappa shape index (κ3) is 6.41. The normalized spacial score (nSPS) is 12.4. The fraction of sp³-hybridized carbons (Fsp3) is 0.261.